The summed E-state index contributed by atoms with van der Waals surface area (Å²) in [5.41, 5.74) is 0. The maximum Gasteiger partial charge on any atom is 0.133 e. The summed E-state index contributed by atoms with van der Waals surface area (Å²) in [4.78, 5) is 0. The van der Waals surface area contributed by atoms with Gasteiger partial charge in [-0.15, -0.1) is 10.2 Å². The largest absolute Gasteiger partial charge is 0.317 e. The molecule has 0 aromatic carbocycles. The zero-order chi connectivity index (χ0) is 12.4. The normalized spacial score (nSPS) is 22.7. The first kappa shape index (κ1) is 12.2. The number of nitrogens with zero attached hydrogens (tertiary/aromatic N) is 3. The van der Waals surface area contributed by atoms with Gasteiger partial charge < -0.3 is 9.88 Å². The van der Waals surface area contributed by atoms with Crippen molar-refractivity contribution in [2.45, 2.75) is 57.9 Å². The number of aryl methyl sites for hydroxylation is 1. The molecule has 0 atom stereocenters. The monoisotopic (exact) mass is 248 g/mol. The molecule has 2 heterocycles. The number of aromatic nitrogens is 3. The van der Waals surface area contributed by atoms with Gasteiger partial charge >= 0.3 is 0 Å². The fourth-order valence-electron chi connectivity index (χ4n) is 3.56. The Hall–Kier alpha value is -0.900. The molecule has 0 amide bonds. The van der Waals surface area contributed by atoms with Crippen molar-refractivity contribution >= 4 is 0 Å². The molecule has 4 heteroatoms. The third-order valence-electron chi connectivity index (χ3n) is 4.56. The number of nitrogens with one attached hydrogen (secondary N) is 1. The van der Waals surface area contributed by atoms with Gasteiger partial charge in [-0.3, -0.25) is 0 Å². The first-order valence-corrected chi connectivity index (χ1v) is 7.45. The topological polar surface area (TPSA) is 42.7 Å². The van der Waals surface area contributed by atoms with Crippen molar-refractivity contribution in [2.24, 2.45) is 5.92 Å². The minimum atomic E-state index is 0.623. The molecule has 0 bridgehead atoms. The van der Waals surface area contributed by atoms with E-state index in [9.17, 15) is 0 Å². The van der Waals surface area contributed by atoms with Crippen LogP contribution in [0.4, 0.5) is 0 Å². The van der Waals surface area contributed by atoms with Crippen LogP contribution in [0.25, 0.3) is 0 Å². The Morgan fingerprint density at radius 2 is 1.83 bits per heavy atom. The lowest BCUT2D eigenvalue weighted by Crippen LogP contribution is -2.30. The molecule has 0 radical (unpaired) electrons. The summed E-state index contributed by atoms with van der Waals surface area (Å²) in [7, 11) is 0. The molecule has 2 aliphatic rings. The molecule has 0 spiro atoms. The highest BCUT2D eigenvalue weighted by Gasteiger charge is 2.24. The molecule has 1 N–H and O–H groups in total. The summed E-state index contributed by atoms with van der Waals surface area (Å²) < 4.78 is 2.43. The Kier molecular flexibility index (Phi) is 3.64. The highest BCUT2D eigenvalue weighted by atomic mass is 15.3. The molecule has 1 aliphatic carbocycles. The molecule has 1 aliphatic heterocycles. The quantitative estimate of drug-likeness (QED) is 0.892. The summed E-state index contributed by atoms with van der Waals surface area (Å²) in [5.74, 6) is 3.20. The van der Waals surface area contributed by atoms with Crippen LogP contribution >= 0.6 is 0 Å². The highest BCUT2D eigenvalue weighted by molar-refractivity contribution is 5.00. The van der Waals surface area contributed by atoms with Crippen LogP contribution in [0.1, 0.15) is 56.2 Å². The lowest BCUT2D eigenvalue weighted by atomic mass is 10.0. The van der Waals surface area contributed by atoms with E-state index in [2.05, 4.69) is 27.0 Å². The third kappa shape index (κ3) is 2.44. The van der Waals surface area contributed by atoms with Crippen LogP contribution in [0.3, 0.4) is 0 Å². The number of rotatable bonds is 3. The number of hydrogen-bond acceptors (Lipinski definition) is 3. The van der Waals surface area contributed by atoms with E-state index < -0.39 is 0 Å². The van der Waals surface area contributed by atoms with E-state index in [1.165, 1.54) is 44.3 Å². The molecule has 1 aromatic rings. The van der Waals surface area contributed by atoms with Crippen LogP contribution in [0.5, 0.6) is 0 Å². The molecule has 0 unspecified atom stereocenters. The Morgan fingerprint density at radius 1 is 1.11 bits per heavy atom. The van der Waals surface area contributed by atoms with E-state index >= 15 is 0 Å². The molecule has 18 heavy (non-hydrogen) atoms. The Labute approximate surface area is 109 Å². The Balaban J connectivity index is 1.76. The van der Waals surface area contributed by atoms with Crippen LogP contribution < -0.4 is 5.32 Å². The Morgan fingerprint density at radius 3 is 2.56 bits per heavy atom. The predicted molar refractivity (Wildman–Crippen MR) is 71.6 cm³/mol. The van der Waals surface area contributed by atoms with Crippen LogP contribution in [0.2, 0.25) is 0 Å². The maximum atomic E-state index is 4.45. The first-order valence-electron chi connectivity index (χ1n) is 7.45. The van der Waals surface area contributed by atoms with E-state index in [1.807, 2.05) is 0 Å². The number of piperidine rings is 1. The molecule has 100 valence electrons. The van der Waals surface area contributed by atoms with Gasteiger partial charge in [0.25, 0.3) is 0 Å². The van der Waals surface area contributed by atoms with Gasteiger partial charge in [0.15, 0.2) is 0 Å². The van der Waals surface area contributed by atoms with E-state index in [0.29, 0.717) is 6.04 Å². The second-order valence-corrected chi connectivity index (χ2v) is 5.87. The molecular formula is C14H24N4. The summed E-state index contributed by atoms with van der Waals surface area (Å²) in [6.07, 6.45) is 9.17. The van der Waals surface area contributed by atoms with E-state index in [4.69, 9.17) is 0 Å². The van der Waals surface area contributed by atoms with E-state index in [-0.39, 0.29) is 0 Å². The van der Waals surface area contributed by atoms with Crippen LogP contribution in [-0.4, -0.2) is 27.9 Å². The molecule has 3 rings (SSSR count). The average Bonchev–Trinajstić information content (AvgIpc) is 3.02. The van der Waals surface area contributed by atoms with Crippen LogP contribution in [0, 0.1) is 12.8 Å². The second-order valence-electron chi connectivity index (χ2n) is 5.87. The lowest BCUT2D eigenvalue weighted by molar-refractivity contribution is 0.349. The molecule has 4 nitrogen and oxygen atoms in total. The molecule has 1 aromatic heterocycles. The van der Waals surface area contributed by atoms with Crippen molar-refractivity contribution in [3.63, 3.8) is 0 Å². The zero-order valence-electron chi connectivity index (χ0n) is 11.4. The van der Waals surface area contributed by atoms with Gasteiger partial charge in [-0.05, 0) is 38.8 Å². The minimum absolute atomic E-state index is 0.623. The summed E-state index contributed by atoms with van der Waals surface area (Å²) in [6.45, 7) is 4.36. The van der Waals surface area contributed by atoms with Crippen molar-refractivity contribution < 1.29 is 0 Å². The third-order valence-corrected chi connectivity index (χ3v) is 4.56. The minimum Gasteiger partial charge on any atom is -0.317 e. The van der Waals surface area contributed by atoms with Crippen LogP contribution in [0.15, 0.2) is 0 Å². The van der Waals surface area contributed by atoms with Gasteiger partial charge in [0, 0.05) is 12.5 Å². The van der Waals surface area contributed by atoms with E-state index in [0.717, 1.165) is 31.3 Å². The summed E-state index contributed by atoms with van der Waals surface area (Å²) in [5, 5.41) is 12.2. The van der Waals surface area contributed by atoms with Crippen molar-refractivity contribution in [3.8, 4) is 0 Å². The molecule has 1 saturated heterocycles. The number of hydrogen-bond donors (Lipinski definition) is 1. The summed E-state index contributed by atoms with van der Waals surface area (Å²) in [6, 6.07) is 0.623. The first-order chi connectivity index (χ1) is 8.84. The van der Waals surface area contributed by atoms with Crippen molar-refractivity contribution in [1.82, 2.24) is 20.1 Å². The van der Waals surface area contributed by atoms with Gasteiger partial charge in [-0.2, -0.15) is 0 Å². The van der Waals surface area contributed by atoms with Gasteiger partial charge in [-0.1, -0.05) is 25.7 Å². The van der Waals surface area contributed by atoms with Gasteiger partial charge in [0.2, 0.25) is 0 Å². The molecule has 2 fully saturated rings. The van der Waals surface area contributed by atoms with Crippen molar-refractivity contribution in [3.05, 3.63) is 11.6 Å². The predicted octanol–water partition coefficient (Wildman–Crippen LogP) is 2.24. The van der Waals surface area contributed by atoms with Crippen LogP contribution in [-0.2, 0) is 6.42 Å². The van der Waals surface area contributed by atoms with Crippen molar-refractivity contribution in [1.29, 1.82) is 0 Å². The standard InChI is InChI=1S/C14H24N4/c1-11-16-17-14(10-12-4-2-3-5-12)18(11)13-6-8-15-9-7-13/h12-13,15H,2-10H2,1H3. The smallest absolute Gasteiger partial charge is 0.133 e. The molecular weight excluding hydrogens is 224 g/mol. The van der Waals surface area contributed by atoms with Crippen molar-refractivity contribution in [2.75, 3.05) is 13.1 Å². The van der Waals surface area contributed by atoms with Gasteiger partial charge in [0.05, 0.1) is 0 Å². The zero-order valence-corrected chi connectivity index (χ0v) is 11.4. The fourth-order valence-corrected chi connectivity index (χ4v) is 3.56. The maximum absolute atomic E-state index is 4.45. The average molecular weight is 248 g/mol. The SMILES string of the molecule is Cc1nnc(CC2CCCC2)n1C1CCNCC1. The lowest BCUT2D eigenvalue weighted by Gasteiger charge is -2.26. The van der Waals surface area contributed by atoms with Gasteiger partial charge in [0.1, 0.15) is 11.6 Å². The Bertz CT molecular complexity index is 386. The summed E-state index contributed by atoms with van der Waals surface area (Å²) >= 11 is 0. The fraction of sp³-hybridized carbons (Fsp3) is 0.857. The highest BCUT2D eigenvalue weighted by Crippen LogP contribution is 2.29. The van der Waals surface area contributed by atoms with Gasteiger partial charge in [-0.25, -0.2) is 0 Å². The molecule has 1 saturated carbocycles. The second kappa shape index (κ2) is 5.39. The van der Waals surface area contributed by atoms with E-state index in [1.54, 1.807) is 0 Å².